The van der Waals surface area contributed by atoms with Crippen molar-refractivity contribution in [3.8, 4) is 5.69 Å². The minimum atomic E-state index is -3.78. The third kappa shape index (κ3) is 4.00. The van der Waals surface area contributed by atoms with Gasteiger partial charge in [-0.1, -0.05) is 17.7 Å². The summed E-state index contributed by atoms with van der Waals surface area (Å²) in [6.45, 7) is 3.57. The summed E-state index contributed by atoms with van der Waals surface area (Å²) in [5.41, 5.74) is 2.16. The van der Waals surface area contributed by atoms with Crippen molar-refractivity contribution in [3.63, 3.8) is 0 Å². The van der Waals surface area contributed by atoms with E-state index >= 15 is 0 Å². The van der Waals surface area contributed by atoms with Crippen molar-refractivity contribution in [2.75, 3.05) is 0 Å². The highest BCUT2D eigenvalue weighted by atomic mass is 35.5. The summed E-state index contributed by atoms with van der Waals surface area (Å²) in [5, 5.41) is 16.5. The van der Waals surface area contributed by atoms with E-state index in [1.807, 2.05) is 13.0 Å². The number of nitrogens with two attached hydrogens (primary N) is 1. The van der Waals surface area contributed by atoms with Gasteiger partial charge in [0.15, 0.2) is 5.69 Å². The molecule has 0 spiro atoms. The Labute approximate surface area is 160 Å². The highest BCUT2D eigenvalue weighted by Crippen LogP contribution is 2.22. The van der Waals surface area contributed by atoms with E-state index in [1.165, 1.54) is 28.9 Å². The Kier molecular flexibility index (Phi) is 5.01. The predicted octanol–water partition coefficient (Wildman–Crippen LogP) is 3.50. The molecule has 0 atom stereocenters. The Hall–Kier alpha value is -2.75. The summed E-state index contributed by atoms with van der Waals surface area (Å²) >= 11 is 6.13. The van der Waals surface area contributed by atoms with Gasteiger partial charge in [-0.2, -0.15) is 5.11 Å². The topological polar surface area (TPSA) is 123 Å². The van der Waals surface area contributed by atoms with Gasteiger partial charge >= 0.3 is 0 Å². The lowest BCUT2D eigenvalue weighted by molar-refractivity contribution is 0.598. The number of aryl methyl sites for hydroxylation is 2. The number of rotatable bonds is 4. The van der Waals surface area contributed by atoms with Crippen molar-refractivity contribution < 1.29 is 8.42 Å². The standard InChI is InChI=1S/C17H16ClN5O3S/c1-10-3-6-13(9-15(10)18)23-17(24)16(11(2)22-23)21-20-12-4-7-14(8-5-12)27(19,25)26/h3-9,22H,1-2H3,(H2,19,25,26). The summed E-state index contributed by atoms with van der Waals surface area (Å²) in [5.74, 6) is 0. The molecule has 0 aliphatic rings. The van der Waals surface area contributed by atoms with Crippen LogP contribution in [0.5, 0.6) is 0 Å². The van der Waals surface area contributed by atoms with Crippen LogP contribution in [0.3, 0.4) is 0 Å². The molecule has 140 valence electrons. The molecule has 3 rings (SSSR count). The molecule has 3 N–H and O–H groups in total. The molecular weight excluding hydrogens is 390 g/mol. The molecule has 0 aliphatic carbocycles. The number of hydrogen-bond acceptors (Lipinski definition) is 5. The van der Waals surface area contributed by atoms with E-state index in [9.17, 15) is 13.2 Å². The average Bonchev–Trinajstić information content (AvgIpc) is 2.89. The van der Waals surface area contributed by atoms with Crippen LogP contribution >= 0.6 is 11.6 Å². The Bertz CT molecular complexity index is 1190. The summed E-state index contributed by atoms with van der Waals surface area (Å²) in [4.78, 5) is 12.6. The molecule has 0 unspecified atom stereocenters. The van der Waals surface area contributed by atoms with Gasteiger partial charge in [-0.3, -0.25) is 9.89 Å². The van der Waals surface area contributed by atoms with Crippen molar-refractivity contribution in [2.45, 2.75) is 18.7 Å². The number of nitrogens with one attached hydrogen (secondary N) is 1. The zero-order valence-electron chi connectivity index (χ0n) is 14.5. The number of halogens is 1. The number of hydrogen-bond donors (Lipinski definition) is 2. The number of H-pyrrole nitrogens is 1. The van der Waals surface area contributed by atoms with E-state index in [2.05, 4.69) is 15.3 Å². The van der Waals surface area contributed by atoms with Crippen molar-refractivity contribution in [3.05, 3.63) is 69.1 Å². The second-order valence-corrected chi connectivity index (χ2v) is 7.87. The van der Waals surface area contributed by atoms with E-state index in [1.54, 1.807) is 19.1 Å². The quantitative estimate of drug-likeness (QED) is 0.645. The number of primary sulfonamides is 1. The molecular formula is C17H16ClN5O3S. The third-order valence-corrected chi connectivity index (χ3v) is 5.22. The molecule has 0 amide bonds. The number of azo groups is 1. The minimum absolute atomic E-state index is 0.0297. The van der Waals surface area contributed by atoms with Gasteiger partial charge in [0.1, 0.15) is 0 Å². The van der Waals surface area contributed by atoms with Gasteiger partial charge < -0.3 is 0 Å². The molecule has 0 fully saturated rings. The molecule has 1 aromatic heterocycles. The largest absolute Gasteiger partial charge is 0.299 e. The zero-order valence-corrected chi connectivity index (χ0v) is 16.0. The smallest absolute Gasteiger partial charge is 0.293 e. The van der Waals surface area contributed by atoms with Crippen LogP contribution in [0.4, 0.5) is 11.4 Å². The maximum absolute atomic E-state index is 12.6. The van der Waals surface area contributed by atoms with E-state index in [0.29, 0.717) is 22.1 Å². The number of aromatic amines is 1. The summed E-state index contributed by atoms with van der Waals surface area (Å²) in [6, 6.07) is 10.8. The van der Waals surface area contributed by atoms with E-state index in [-0.39, 0.29) is 16.1 Å². The number of nitrogens with zero attached hydrogens (tertiary/aromatic N) is 3. The van der Waals surface area contributed by atoms with Crippen LogP contribution in [0.1, 0.15) is 11.3 Å². The fourth-order valence-corrected chi connectivity index (χ4v) is 3.06. The van der Waals surface area contributed by atoms with Crippen molar-refractivity contribution in [1.82, 2.24) is 9.78 Å². The number of aromatic nitrogens is 2. The Morgan fingerprint density at radius 1 is 1.07 bits per heavy atom. The monoisotopic (exact) mass is 405 g/mol. The number of sulfonamides is 1. The molecule has 0 radical (unpaired) electrons. The maximum Gasteiger partial charge on any atom is 0.299 e. The SMILES string of the molecule is Cc1ccc(-n2[nH]c(C)c(N=Nc3ccc(S(N)(=O)=O)cc3)c2=O)cc1Cl. The first-order valence-corrected chi connectivity index (χ1v) is 9.72. The first kappa shape index (κ1) is 19.0. The normalized spacial score (nSPS) is 12.0. The zero-order chi connectivity index (χ0) is 19.8. The van der Waals surface area contributed by atoms with E-state index in [0.717, 1.165) is 5.56 Å². The molecule has 10 heteroatoms. The first-order chi connectivity index (χ1) is 12.7. The van der Waals surface area contributed by atoms with Gasteiger partial charge in [-0.15, -0.1) is 5.11 Å². The average molecular weight is 406 g/mol. The Morgan fingerprint density at radius 2 is 1.74 bits per heavy atom. The van der Waals surface area contributed by atoms with Gasteiger partial charge in [0.05, 0.1) is 22.0 Å². The lowest BCUT2D eigenvalue weighted by atomic mass is 10.2. The molecule has 27 heavy (non-hydrogen) atoms. The summed E-state index contributed by atoms with van der Waals surface area (Å²) < 4.78 is 23.9. The molecule has 0 saturated heterocycles. The van der Waals surface area contributed by atoms with Crippen LogP contribution in [0.15, 0.2) is 62.4 Å². The lowest BCUT2D eigenvalue weighted by Crippen LogP contribution is -2.14. The summed E-state index contributed by atoms with van der Waals surface area (Å²) in [7, 11) is -3.78. The summed E-state index contributed by atoms with van der Waals surface area (Å²) in [6.07, 6.45) is 0. The fourth-order valence-electron chi connectivity index (χ4n) is 2.37. The lowest BCUT2D eigenvalue weighted by Gasteiger charge is -2.03. The van der Waals surface area contributed by atoms with Gasteiger partial charge in [0.2, 0.25) is 10.0 Å². The molecule has 8 nitrogen and oxygen atoms in total. The van der Waals surface area contributed by atoms with Gasteiger partial charge in [0.25, 0.3) is 5.56 Å². The van der Waals surface area contributed by atoms with E-state index < -0.39 is 10.0 Å². The molecule has 0 saturated carbocycles. The van der Waals surface area contributed by atoms with Crippen LogP contribution in [-0.2, 0) is 10.0 Å². The van der Waals surface area contributed by atoms with Crippen LogP contribution in [0.2, 0.25) is 5.02 Å². The second-order valence-electron chi connectivity index (χ2n) is 5.90. The van der Waals surface area contributed by atoms with Crippen LogP contribution in [-0.4, -0.2) is 18.2 Å². The van der Waals surface area contributed by atoms with Gasteiger partial charge in [0, 0.05) is 5.02 Å². The van der Waals surface area contributed by atoms with Crippen LogP contribution in [0, 0.1) is 13.8 Å². The third-order valence-electron chi connectivity index (χ3n) is 3.88. The molecule has 3 aromatic rings. The van der Waals surface area contributed by atoms with Gasteiger partial charge in [-0.05, 0) is 55.8 Å². The first-order valence-electron chi connectivity index (χ1n) is 7.79. The molecule has 2 aromatic carbocycles. The second kappa shape index (κ2) is 7.10. The number of benzene rings is 2. The van der Waals surface area contributed by atoms with Crippen LogP contribution < -0.4 is 10.7 Å². The van der Waals surface area contributed by atoms with Crippen LogP contribution in [0.25, 0.3) is 5.69 Å². The van der Waals surface area contributed by atoms with Crippen molar-refractivity contribution in [2.24, 2.45) is 15.4 Å². The maximum atomic E-state index is 12.6. The molecule has 0 aliphatic heterocycles. The highest BCUT2D eigenvalue weighted by Gasteiger charge is 2.13. The van der Waals surface area contributed by atoms with E-state index in [4.69, 9.17) is 16.7 Å². The Morgan fingerprint density at radius 3 is 2.33 bits per heavy atom. The predicted molar refractivity (Wildman–Crippen MR) is 103 cm³/mol. The van der Waals surface area contributed by atoms with Crippen molar-refractivity contribution >= 4 is 33.0 Å². The molecule has 1 heterocycles. The van der Waals surface area contributed by atoms with Crippen molar-refractivity contribution in [1.29, 1.82) is 0 Å². The fraction of sp³-hybridized carbons (Fsp3) is 0.118. The molecule has 0 bridgehead atoms. The van der Waals surface area contributed by atoms with Gasteiger partial charge in [-0.25, -0.2) is 18.2 Å². The minimum Gasteiger partial charge on any atom is -0.293 e. The highest BCUT2D eigenvalue weighted by molar-refractivity contribution is 7.89. The Balaban J connectivity index is 1.94.